The first-order chi connectivity index (χ1) is 10.6. The van der Waals surface area contributed by atoms with E-state index in [9.17, 15) is 4.79 Å². The van der Waals surface area contributed by atoms with E-state index in [1.54, 1.807) is 18.2 Å². The number of carbonyl (C=O) groups is 1. The molecule has 1 atom stereocenters. The zero-order chi connectivity index (χ0) is 15.9. The van der Waals surface area contributed by atoms with Crippen LogP contribution in [0.15, 0.2) is 54.6 Å². The van der Waals surface area contributed by atoms with E-state index in [2.05, 4.69) is 25.2 Å². The number of para-hydroxylation sites is 1. The molecule has 3 heteroatoms. The van der Waals surface area contributed by atoms with Crippen LogP contribution in [-0.2, 0) is 4.79 Å². The predicted octanol–water partition coefficient (Wildman–Crippen LogP) is 5.51. The van der Waals surface area contributed by atoms with Gasteiger partial charge in [-0.25, -0.2) is 0 Å². The van der Waals surface area contributed by atoms with Gasteiger partial charge in [-0.3, -0.25) is 4.79 Å². The molecule has 0 spiro atoms. The standard InChI is InChI=1S/C19H20ClNO/c1-3-14(2)17-6-4-5-7-18(17)21-19(22)13-10-15-8-11-16(20)12-9-15/h4-14H,3H2,1-2H3,(H,21,22)/b13-10+/t14-/m1/s1. The van der Waals surface area contributed by atoms with Gasteiger partial charge in [-0.05, 0) is 47.7 Å². The normalized spacial score (nSPS) is 12.3. The van der Waals surface area contributed by atoms with E-state index in [-0.39, 0.29) is 5.91 Å². The number of benzene rings is 2. The largest absolute Gasteiger partial charge is 0.322 e. The van der Waals surface area contributed by atoms with E-state index in [0.29, 0.717) is 10.9 Å². The van der Waals surface area contributed by atoms with Gasteiger partial charge in [0.05, 0.1) is 0 Å². The van der Waals surface area contributed by atoms with Gasteiger partial charge in [0.25, 0.3) is 0 Å². The summed E-state index contributed by atoms with van der Waals surface area (Å²) < 4.78 is 0. The number of amides is 1. The second-order valence-electron chi connectivity index (χ2n) is 5.27. The smallest absolute Gasteiger partial charge is 0.248 e. The van der Waals surface area contributed by atoms with Crippen molar-refractivity contribution in [3.05, 3.63) is 70.8 Å². The van der Waals surface area contributed by atoms with Crippen LogP contribution in [0, 0.1) is 0 Å². The highest BCUT2D eigenvalue weighted by Gasteiger charge is 2.09. The molecule has 0 bridgehead atoms. The number of anilines is 1. The molecule has 1 N–H and O–H groups in total. The van der Waals surface area contributed by atoms with Crippen molar-refractivity contribution in [2.24, 2.45) is 0 Å². The number of carbonyl (C=O) groups excluding carboxylic acids is 1. The summed E-state index contributed by atoms with van der Waals surface area (Å²) in [5.41, 5.74) is 2.98. The second kappa shape index (κ2) is 7.81. The van der Waals surface area contributed by atoms with Crippen LogP contribution in [0.3, 0.4) is 0 Å². The van der Waals surface area contributed by atoms with E-state index >= 15 is 0 Å². The molecule has 0 saturated heterocycles. The minimum Gasteiger partial charge on any atom is -0.322 e. The number of hydrogen-bond acceptors (Lipinski definition) is 1. The van der Waals surface area contributed by atoms with Crippen molar-refractivity contribution in [3.8, 4) is 0 Å². The Morgan fingerprint density at radius 2 is 1.86 bits per heavy atom. The molecule has 2 nitrogen and oxygen atoms in total. The summed E-state index contributed by atoms with van der Waals surface area (Å²) in [7, 11) is 0. The van der Waals surface area contributed by atoms with Gasteiger partial charge in [-0.2, -0.15) is 0 Å². The molecule has 0 radical (unpaired) electrons. The lowest BCUT2D eigenvalue weighted by molar-refractivity contribution is -0.111. The van der Waals surface area contributed by atoms with E-state index in [0.717, 1.165) is 17.7 Å². The maximum Gasteiger partial charge on any atom is 0.248 e. The van der Waals surface area contributed by atoms with Gasteiger partial charge in [0.15, 0.2) is 0 Å². The van der Waals surface area contributed by atoms with E-state index in [1.807, 2.05) is 30.3 Å². The van der Waals surface area contributed by atoms with Crippen LogP contribution in [0.25, 0.3) is 6.08 Å². The monoisotopic (exact) mass is 313 g/mol. The van der Waals surface area contributed by atoms with Crippen LogP contribution in [0.4, 0.5) is 5.69 Å². The molecule has 2 aromatic rings. The van der Waals surface area contributed by atoms with Gasteiger partial charge >= 0.3 is 0 Å². The molecule has 0 heterocycles. The highest BCUT2D eigenvalue weighted by atomic mass is 35.5. The summed E-state index contributed by atoms with van der Waals surface area (Å²) in [6, 6.07) is 15.3. The molecular formula is C19H20ClNO. The average molecular weight is 314 g/mol. The lowest BCUT2D eigenvalue weighted by Gasteiger charge is -2.14. The molecule has 22 heavy (non-hydrogen) atoms. The molecule has 0 unspecified atom stereocenters. The molecule has 0 aliphatic rings. The van der Waals surface area contributed by atoms with Crippen LogP contribution < -0.4 is 5.32 Å². The third-order valence-corrected chi connectivity index (χ3v) is 3.91. The second-order valence-corrected chi connectivity index (χ2v) is 5.71. The van der Waals surface area contributed by atoms with Crippen molar-refractivity contribution in [1.29, 1.82) is 0 Å². The molecule has 0 aromatic heterocycles. The summed E-state index contributed by atoms with van der Waals surface area (Å²) in [5.74, 6) is 0.280. The quantitative estimate of drug-likeness (QED) is 0.725. The SMILES string of the molecule is CC[C@@H](C)c1ccccc1NC(=O)/C=C/c1ccc(Cl)cc1. The molecule has 0 saturated carbocycles. The number of hydrogen-bond donors (Lipinski definition) is 1. The van der Waals surface area contributed by atoms with Crippen molar-refractivity contribution in [1.82, 2.24) is 0 Å². The van der Waals surface area contributed by atoms with Crippen LogP contribution in [-0.4, -0.2) is 5.91 Å². The van der Waals surface area contributed by atoms with Gasteiger partial charge < -0.3 is 5.32 Å². The van der Waals surface area contributed by atoms with Crippen molar-refractivity contribution < 1.29 is 4.79 Å². The molecule has 2 aromatic carbocycles. The Hall–Kier alpha value is -2.06. The number of halogens is 1. The third kappa shape index (κ3) is 4.47. The average Bonchev–Trinajstić information content (AvgIpc) is 2.54. The number of rotatable bonds is 5. The number of nitrogens with one attached hydrogen (secondary N) is 1. The van der Waals surface area contributed by atoms with Crippen LogP contribution in [0.5, 0.6) is 0 Å². The van der Waals surface area contributed by atoms with Gasteiger partial charge in [0, 0.05) is 16.8 Å². The zero-order valence-corrected chi connectivity index (χ0v) is 13.6. The van der Waals surface area contributed by atoms with Crippen LogP contribution in [0.1, 0.15) is 37.3 Å². The third-order valence-electron chi connectivity index (χ3n) is 3.66. The lowest BCUT2D eigenvalue weighted by Crippen LogP contribution is -2.10. The fourth-order valence-electron chi connectivity index (χ4n) is 2.18. The minimum atomic E-state index is -0.134. The lowest BCUT2D eigenvalue weighted by atomic mass is 9.97. The fraction of sp³-hybridized carbons (Fsp3) is 0.211. The zero-order valence-electron chi connectivity index (χ0n) is 12.8. The van der Waals surface area contributed by atoms with Gasteiger partial charge in [0.2, 0.25) is 5.91 Å². The molecule has 1 amide bonds. The van der Waals surface area contributed by atoms with Gasteiger partial charge in [0.1, 0.15) is 0 Å². The fourth-order valence-corrected chi connectivity index (χ4v) is 2.31. The first-order valence-electron chi connectivity index (χ1n) is 7.43. The summed E-state index contributed by atoms with van der Waals surface area (Å²) >= 11 is 5.84. The van der Waals surface area contributed by atoms with Crippen molar-refractivity contribution >= 4 is 29.3 Å². The maximum atomic E-state index is 12.1. The predicted molar refractivity (Wildman–Crippen MR) is 94.3 cm³/mol. The van der Waals surface area contributed by atoms with Crippen LogP contribution >= 0.6 is 11.6 Å². The molecule has 0 aliphatic carbocycles. The Balaban J connectivity index is 2.08. The summed E-state index contributed by atoms with van der Waals surface area (Å²) in [5, 5.41) is 3.64. The van der Waals surface area contributed by atoms with Crippen molar-refractivity contribution in [3.63, 3.8) is 0 Å². The Morgan fingerprint density at radius 3 is 2.55 bits per heavy atom. The molecule has 114 valence electrons. The highest BCUT2D eigenvalue weighted by Crippen LogP contribution is 2.26. The van der Waals surface area contributed by atoms with Crippen LogP contribution in [0.2, 0.25) is 5.02 Å². The van der Waals surface area contributed by atoms with E-state index in [4.69, 9.17) is 11.6 Å². The first kappa shape index (κ1) is 16.3. The van der Waals surface area contributed by atoms with Crippen molar-refractivity contribution in [2.45, 2.75) is 26.2 Å². The summed E-state index contributed by atoms with van der Waals surface area (Å²) in [6.45, 7) is 4.30. The van der Waals surface area contributed by atoms with E-state index < -0.39 is 0 Å². The first-order valence-corrected chi connectivity index (χ1v) is 7.81. The Kier molecular flexibility index (Phi) is 5.79. The Bertz CT molecular complexity index is 661. The Labute approximate surface area is 136 Å². The van der Waals surface area contributed by atoms with Gasteiger partial charge in [-0.15, -0.1) is 0 Å². The minimum absolute atomic E-state index is 0.134. The maximum absolute atomic E-state index is 12.1. The molecule has 0 aliphatic heterocycles. The summed E-state index contributed by atoms with van der Waals surface area (Å²) in [4.78, 5) is 12.1. The molecule has 2 rings (SSSR count). The molecular weight excluding hydrogens is 294 g/mol. The summed E-state index contributed by atoms with van der Waals surface area (Å²) in [6.07, 6.45) is 4.35. The van der Waals surface area contributed by atoms with E-state index in [1.165, 1.54) is 11.6 Å². The highest BCUT2D eigenvalue weighted by molar-refractivity contribution is 6.30. The Morgan fingerprint density at radius 1 is 1.18 bits per heavy atom. The van der Waals surface area contributed by atoms with Gasteiger partial charge in [-0.1, -0.05) is 55.8 Å². The van der Waals surface area contributed by atoms with Crippen molar-refractivity contribution in [2.75, 3.05) is 5.32 Å². The molecule has 0 fully saturated rings. The topological polar surface area (TPSA) is 29.1 Å².